The maximum Gasteiger partial charge on any atom is 0.246 e. The van der Waals surface area contributed by atoms with Crippen LogP contribution in [-0.4, -0.2) is 24.4 Å². The quantitative estimate of drug-likeness (QED) is 0.837. The number of halogens is 1. The van der Waals surface area contributed by atoms with E-state index < -0.39 is 6.04 Å². The van der Waals surface area contributed by atoms with E-state index in [-0.39, 0.29) is 17.6 Å². The molecule has 1 saturated heterocycles. The SMILES string of the molecule is Cc1ccc(NC(=O)[C@H](C)Nc2ccc(N3CCCC3=O)c(C)c2)cc1F. The van der Waals surface area contributed by atoms with E-state index in [9.17, 15) is 14.0 Å². The van der Waals surface area contributed by atoms with Gasteiger partial charge in [-0.05, 0) is 68.7 Å². The number of rotatable bonds is 5. The summed E-state index contributed by atoms with van der Waals surface area (Å²) in [5, 5.41) is 5.86. The summed E-state index contributed by atoms with van der Waals surface area (Å²) < 4.78 is 13.6. The maximum absolute atomic E-state index is 13.6. The van der Waals surface area contributed by atoms with Gasteiger partial charge < -0.3 is 15.5 Å². The molecule has 27 heavy (non-hydrogen) atoms. The highest BCUT2D eigenvalue weighted by Gasteiger charge is 2.23. The van der Waals surface area contributed by atoms with Gasteiger partial charge in [-0.2, -0.15) is 0 Å². The molecule has 1 fully saturated rings. The number of carbonyl (C=O) groups excluding carboxylic acids is 2. The van der Waals surface area contributed by atoms with Crippen molar-refractivity contribution in [3.05, 3.63) is 53.3 Å². The Kier molecular flexibility index (Phi) is 5.44. The van der Waals surface area contributed by atoms with Gasteiger partial charge >= 0.3 is 0 Å². The number of amides is 2. The number of carbonyl (C=O) groups is 2. The predicted molar refractivity (Wildman–Crippen MR) is 106 cm³/mol. The Morgan fingerprint density at radius 1 is 1.11 bits per heavy atom. The Hall–Kier alpha value is -2.89. The van der Waals surface area contributed by atoms with Crippen molar-refractivity contribution in [1.29, 1.82) is 0 Å². The van der Waals surface area contributed by atoms with Gasteiger partial charge in [0.15, 0.2) is 0 Å². The van der Waals surface area contributed by atoms with Crippen molar-refractivity contribution in [2.45, 2.75) is 39.7 Å². The molecule has 1 atom stereocenters. The third-order valence-corrected chi connectivity index (χ3v) is 4.78. The van der Waals surface area contributed by atoms with Crippen molar-refractivity contribution >= 4 is 28.9 Å². The lowest BCUT2D eigenvalue weighted by molar-refractivity contribution is -0.117. The Bertz CT molecular complexity index is 882. The molecule has 1 aliphatic heterocycles. The first-order valence-corrected chi connectivity index (χ1v) is 9.09. The molecule has 0 aromatic heterocycles. The predicted octanol–water partition coefficient (Wildman–Crippen LogP) is 4.01. The van der Waals surface area contributed by atoms with Crippen molar-refractivity contribution < 1.29 is 14.0 Å². The van der Waals surface area contributed by atoms with Crippen LogP contribution in [0.3, 0.4) is 0 Å². The van der Waals surface area contributed by atoms with Gasteiger partial charge in [-0.15, -0.1) is 0 Å². The first-order chi connectivity index (χ1) is 12.8. The fourth-order valence-corrected chi connectivity index (χ4v) is 3.19. The van der Waals surface area contributed by atoms with E-state index in [2.05, 4.69) is 10.6 Å². The lowest BCUT2D eigenvalue weighted by Crippen LogP contribution is -2.32. The molecule has 2 amide bonds. The molecule has 1 aliphatic rings. The van der Waals surface area contributed by atoms with Crippen LogP contribution in [0.25, 0.3) is 0 Å². The third kappa shape index (κ3) is 4.27. The summed E-state index contributed by atoms with van der Waals surface area (Å²) in [6.45, 7) is 6.12. The van der Waals surface area contributed by atoms with Gasteiger partial charge in [0.05, 0.1) is 0 Å². The van der Waals surface area contributed by atoms with Gasteiger partial charge in [-0.25, -0.2) is 4.39 Å². The van der Waals surface area contributed by atoms with Crippen LogP contribution in [-0.2, 0) is 9.59 Å². The van der Waals surface area contributed by atoms with Crippen LogP contribution < -0.4 is 15.5 Å². The number of nitrogens with zero attached hydrogens (tertiary/aromatic N) is 1. The third-order valence-electron chi connectivity index (χ3n) is 4.78. The molecule has 2 aromatic rings. The molecular weight excluding hydrogens is 345 g/mol. The number of aryl methyl sites for hydroxylation is 2. The van der Waals surface area contributed by atoms with Gasteiger partial charge in [-0.3, -0.25) is 9.59 Å². The smallest absolute Gasteiger partial charge is 0.246 e. The number of benzene rings is 2. The van der Waals surface area contributed by atoms with Gasteiger partial charge in [0.25, 0.3) is 0 Å². The monoisotopic (exact) mass is 369 g/mol. The minimum atomic E-state index is -0.506. The lowest BCUT2D eigenvalue weighted by Gasteiger charge is -2.20. The summed E-state index contributed by atoms with van der Waals surface area (Å²) in [6, 6.07) is 9.81. The Morgan fingerprint density at radius 3 is 2.48 bits per heavy atom. The topological polar surface area (TPSA) is 61.4 Å². The van der Waals surface area contributed by atoms with Gasteiger partial charge in [0.1, 0.15) is 11.9 Å². The summed E-state index contributed by atoms with van der Waals surface area (Å²) in [5.41, 5.74) is 3.64. The average Bonchev–Trinajstić information content (AvgIpc) is 3.04. The van der Waals surface area contributed by atoms with Crippen molar-refractivity contribution in [2.75, 3.05) is 22.1 Å². The van der Waals surface area contributed by atoms with Crippen LogP contribution in [0.15, 0.2) is 36.4 Å². The van der Waals surface area contributed by atoms with Crippen LogP contribution in [0.4, 0.5) is 21.5 Å². The maximum atomic E-state index is 13.6. The summed E-state index contributed by atoms with van der Waals surface area (Å²) in [4.78, 5) is 26.1. The number of hydrogen-bond acceptors (Lipinski definition) is 3. The molecule has 0 bridgehead atoms. The van der Waals surface area contributed by atoms with E-state index in [0.717, 1.165) is 29.9 Å². The van der Waals surface area contributed by atoms with Crippen molar-refractivity contribution in [3.63, 3.8) is 0 Å². The van der Waals surface area contributed by atoms with Crippen LogP contribution >= 0.6 is 0 Å². The molecule has 3 rings (SSSR count). The zero-order valence-corrected chi connectivity index (χ0v) is 15.8. The Morgan fingerprint density at radius 2 is 1.85 bits per heavy atom. The van der Waals surface area contributed by atoms with E-state index in [0.29, 0.717) is 17.7 Å². The molecule has 5 nitrogen and oxygen atoms in total. The summed E-state index contributed by atoms with van der Waals surface area (Å²) in [7, 11) is 0. The minimum Gasteiger partial charge on any atom is -0.374 e. The summed E-state index contributed by atoms with van der Waals surface area (Å²) in [5.74, 6) is -0.456. The summed E-state index contributed by atoms with van der Waals surface area (Å²) >= 11 is 0. The van der Waals surface area contributed by atoms with Crippen molar-refractivity contribution in [1.82, 2.24) is 0 Å². The number of anilines is 3. The fourth-order valence-electron chi connectivity index (χ4n) is 3.19. The van der Waals surface area contributed by atoms with E-state index in [1.807, 2.05) is 25.1 Å². The van der Waals surface area contributed by atoms with Crippen LogP contribution in [0.1, 0.15) is 30.9 Å². The van der Waals surface area contributed by atoms with Gasteiger partial charge in [0, 0.05) is 30.0 Å². The van der Waals surface area contributed by atoms with Gasteiger partial charge in [0.2, 0.25) is 11.8 Å². The first kappa shape index (κ1) is 18.9. The molecule has 0 aliphatic carbocycles. The molecule has 142 valence electrons. The zero-order valence-electron chi connectivity index (χ0n) is 15.8. The highest BCUT2D eigenvalue weighted by atomic mass is 19.1. The molecule has 2 aromatic carbocycles. The first-order valence-electron chi connectivity index (χ1n) is 9.09. The van der Waals surface area contributed by atoms with E-state index in [1.54, 1.807) is 30.9 Å². The fraction of sp³-hybridized carbons (Fsp3) is 0.333. The van der Waals surface area contributed by atoms with Gasteiger partial charge in [-0.1, -0.05) is 6.07 Å². The standard InChI is InChI=1S/C21H24FN3O2/c1-13-6-7-17(12-18(13)22)24-21(27)15(3)23-16-8-9-19(14(2)11-16)25-10-4-5-20(25)26/h6-9,11-12,15,23H,4-5,10H2,1-3H3,(H,24,27)/t15-/m0/s1. The molecular formula is C21H24FN3O2. The number of hydrogen-bond donors (Lipinski definition) is 2. The second-order valence-corrected chi connectivity index (χ2v) is 6.97. The molecule has 0 unspecified atom stereocenters. The van der Waals surface area contributed by atoms with E-state index in [1.165, 1.54) is 6.07 Å². The molecule has 0 saturated carbocycles. The van der Waals surface area contributed by atoms with E-state index in [4.69, 9.17) is 0 Å². The second-order valence-electron chi connectivity index (χ2n) is 6.97. The molecule has 0 radical (unpaired) electrons. The largest absolute Gasteiger partial charge is 0.374 e. The average molecular weight is 369 g/mol. The molecule has 0 spiro atoms. The highest BCUT2D eigenvalue weighted by molar-refractivity contribution is 5.97. The normalized spacial score (nSPS) is 15.0. The lowest BCUT2D eigenvalue weighted by atomic mass is 10.1. The number of nitrogens with one attached hydrogen (secondary N) is 2. The zero-order chi connectivity index (χ0) is 19.6. The van der Waals surface area contributed by atoms with Crippen molar-refractivity contribution in [3.8, 4) is 0 Å². The Balaban J connectivity index is 1.65. The van der Waals surface area contributed by atoms with E-state index >= 15 is 0 Å². The second kappa shape index (κ2) is 7.78. The van der Waals surface area contributed by atoms with Crippen LogP contribution in [0, 0.1) is 19.7 Å². The summed E-state index contributed by atoms with van der Waals surface area (Å²) in [6.07, 6.45) is 1.48. The Labute approximate surface area is 158 Å². The molecule has 6 heteroatoms. The molecule has 1 heterocycles. The highest BCUT2D eigenvalue weighted by Crippen LogP contribution is 2.27. The minimum absolute atomic E-state index is 0.150. The van der Waals surface area contributed by atoms with Crippen LogP contribution in [0.5, 0.6) is 0 Å². The molecule has 2 N–H and O–H groups in total. The van der Waals surface area contributed by atoms with Crippen LogP contribution in [0.2, 0.25) is 0 Å². The van der Waals surface area contributed by atoms with Crippen molar-refractivity contribution in [2.24, 2.45) is 0 Å².